The zero-order chi connectivity index (χ0) is 16.8. The Morgan fingerprint density at radius 1 is 1.21 bits per heavy atom. The smallest absolute Gasteiger partial charge is 0.261 e. The Morgan fingerprint density at radius 3 is 2.58 bits per heavy atom. The number of rotatable bonds is 6. The van der Waals surface area contributed by atoms with E-state index in [-0.39, 0.29) is 11.9 Å². The number of ether oxygens (including phenoxy) is 1. The van der Waals surface area contributed by atoms with Gasteiger partial charge in [0.2, 0.25) is 0 Å². The molecule has 1 saturated heterocycles. The van der Waals surface area contributed by atoms with Gasteiger partial charge >= 0.3 is 0 Å². The summed E-state index contributed by atoms with van der Waals surface area (Å²) in [5.74, 6) is 0.874. The van der Waals surface area contributed by atoms with Crippen molar-refractivity contribution in [1.29, 1.82) is 0 Å². The Hall–Kier alpha value is -1.85. The van der Waals surface area contributed by atoms with E-state index in [2.05, 4.69) is 22.3 Å². The lowest BCUT2D eigenvalue weighted by atomic mass is 10.0. The lowest BCUT2D eigenvalue weighted by molar-refractivity contribution is 0.0928. The van der Waals surface area contributed by atoms with Crippen LogP contribution in [0.4, 0.5) is 0 Å². The van der Waals surface area contributed by atoms with Gasteiger partial charge in [-0.2, -0.15) is 0 Å². The van der Waals surface area contributed by atoms with Crippen molar-refractivity contribution in [3.05, 3.63) is 52.2 Å². The van der Waals surface area contributed by atoms with E-state index in [1.807, 2.05) is 29.6 Å². The van der Waals surface area contributed by atoms with Gasteiger partial charge in [-0.15, -0.1) is 11.3 Å². The number of hydrogen-bond acceptors (Lipinski definition) is 4. The summed E-state index contributed by atoms with van der Waals surface area (Å²) < 4.78 is 5.26. The molecule has 0 aliphatic carbocycles. The number of thiophene rings is 1. The summed E-state index contributed by atoms with van der Waals surface area (Å²) in [7, 11) is 1.68. The molecule has 1 aromatic carbocycles. The lowest BCUT2D eigenvalue weighted by Crippen LogP contribution is -2.40. The fraction of sp³-hybridized carbons (Fsp3) is 0.421. The predicted octanol–water partition coefficient (Wildman–Crippen LogP) is 3.71. The highest BCUT2D eigenvalue weighted by Gasteiger charge is 2.23. The van der Waals surface area contributed by atoms with E-state index in [0.717, 1.165) is 23.7 Å². The van der Waals surface area contributed by atoms with Crippen LogP contribution in [0.1, 0.15) is 40.5 Å². The molecule has 24 heavy (non-hydrogen) atoms. The minimum Gasteiger partial charge on any atom is -0.497 e. The van der Waals surface area contributed by atoms with Crippen LogP contribution in [-0.2, 0) is 0 Å². The first kappa shape index (κ1) is 17.0. The Morgan fingerprint density at radius 2 is 1.96 bits per heavy atom. The molecule has 2 heterocycles. The Balaban J connectivity index is 1.72. The number of likely N-dealkylation sites (tertiary alicyclic amines) is 1. The molecule has 1 aliphatic heterocycles. The van der Waals surface area contributed by atoms with E-state index >= 15 is 0 Å². The second-order valence-electron chi connectivity index (χ2n) is 6.07. The third-order valence-electron chi connectivity index (χ3n) is 4.53. The van der Waals surface area contributed by atoms with Gasteiger partial charge in [0.1, 0.15) is 5.75 Å². The van der Waals surface area contributed by atoms with Crippen molar-refractivity contribution in [2.24, 2.45) is 0 Å². The van der Waals surface area contributed by atoms with Crippen molar-refractivity contribution < 1.29 is 9.53 Å². The van der Waals surface area contributed by atoms with Crippen LogP contribution in [0, 0.1) is 0 Å². The molecule has 0 spiro atoms. The molecule has 1 aliphatic rings. The molecule has 1 amide bonds. The van der Waals surface area contributed by atoms with Gasteiger partial charge in [0.05, 0.1) is 18.0 Å². The minimum atomic E-state index is 0.0144. The largest absolute Gasteiger partial charge is 0.497 e. The predicted molar refractivity (Wildman–Crippen MR) is 97.8 cm³/mol. The SMILES string of the molecule is COc1ccc([C@H](CNC(=O)c2cccs2)N2CCCCC2)cc1. The van der Waals surface area contributed by atoms with Crippen LogP contribution in [0.2, 0.25) is 0 Å². The van der Waals surface area contributed by atoms with Crippen LogP contribution in [0.5, 0.6) is 5.75 Å². The standard InChI is InChI=1S/C19H24N2O2S/c1-23-16-9-7-15(8-10-16)17(21-11-3-2-4-12-21)14-20-19(22)18-6-5-13-24-18/h5-10,13,17H,2-4,11-12,14H2,1H3,(H,20,22)/t17-/m0/s1. The number of nitrogens with one attached hydrogen (secondary N) is 1. The lowest BCUT2D eigenvalue weighted by Gasteiger charge is -2.35. The van der Waals surface area contributed by atoms with E-state index in [9.17, 15) is 4.79 Å². The van der Waals surface area contributed by atoms with Crippen molar-refractivity contribution >= 4 is 17.2 Å². The van der Waals surface area contributed by atoms with Crippen LogP contribution >= 0.6 is 11.3 Å². The van der Waals surface area contributed by atoms with Crippen molar-refractivity contribution in [3.8, 4) is 5.75 Å². The van der Waals surface area contributed by atoms with Crippen LogP contribution < -0.4 is 10.1 Å². The molecule has 0 unspecified atom stereocenters. The number of carbonyl (C=O) groups is 1. The highest BCUT2D eigenvalue weighted by molar-refractivity contribution is 7.12. The van der Waals surface area contributed by atoms with Gasteiger partial charge in [0.15, 0.2) is 0 Å². The summed E-state index contributed by atoms with van der Waals surface area (Å²) in [6, 6.07) is 12.2. The second kappa shape index (κ2) is 8.31. The normalized spacial score (nSPS) is 16.5. The molecule has 1 aromatic heterocycles. The molecule has 1 N–H and O–H groups in total. The first-order valence-electron chi connectivity index (χ1n) is 8.47. The summed E-state index contributed by atoms with van der Waals surface area (Å²) in [6.07, 6.45) is 3.75. The average Bonchev–Trinajstić information content (AvgIpc) is 3.18. The van der Waals surface area contributed by atoms with Crippen molar-refractivity contribution in [2.75, 3.05) is 26.7 Å². The third kappa shape index (κ3) is 4.16. The summed E-state index contributed by atoms with van der Waals surface area (Å²) >= 11 is 1.48. The molecule has 2 aromatic rings. The molecule has 4 nitrogen and oxygen atoms in total. The summed E-state index contributed by atoms with van der Waals surface area (Å²) in [6.45, 7) is 2.81. The molecular formula is C19H24N2O2S. The summed E-state index contributed by atoms with van der Waals surface area (Å²) in [4.78, 5) is 15.5. The fourth-order valence-corrected chi connectivity index (χ4v) is 3.84. The molecule has 0 bridgehead atoms. The molecule has 1 atom stereocenters. The van der Waals surface area contributed by atoms with Gasteiger partial charge in [-0.05, 0) is 55.1 Å². The zero-order valence-corrected chi connectivity index (χ0v) is 14.8. The van der Waals surface area contributed by atoms with Crippen molar-refractivity contribution in [2.45, 2.75) is 25.3 Å². The quantitative estimate of drug-likeness (QED) is 0.868. The van der Waals surface area contributed by atoms with Gasteiger partial charge in [-0.3, -0.25) is 9.69 Å². The Bertz CT molecular complexity index is 634. The fourth-order valence-electron chi connectivity index (χ4n) is 3.20. The molecule has 5 heteroatoms. The average molecular weight is 344 g/mol. The molecular weight excluding hydrogens is 320 g/mol. The van der Waals surface area contributed by atoms with E-state index in [1.54, 1.807) is 7.11 Å². The number of carbonyl (C=O) groups excluding carboxylic acids is 1. The summed E-state index contributed by atoms with van der Waals surface area (Å²) in [5.41, 5.74) is 1.23. The molecule has 0 radical (unpaired) electrons. The maximum absolute atomic E-state index is 12.3. The van der Waals surface area contributed by atoms with Crippen molar-refractivity contribution in [1.82, 2.24) is 10.2 Å². The number of methoxy groups -OCH3 is 1. The number of piperidine rings is 1. The minimum absolute atomic E-state index is 0.0144. The van der Waals surface area contributed by atoms with Gasteiger partial charge in [-0.1, -0.05) is 24.6 Å². The second-order valence-corrected chi connectivity index (χ2v) is 7.02. The van der Waals surface area contributed by atoms with Crippen molar-refractivity contribution in [3.63, 3.8) is 0 Å². The van der Waals surface area contributed by atoms with Gasteiger partial charge < -0.3 is 10.1 Å². The van der Waals surface area contributed by atoms with E-state index in [1.165, 1.54) is 36.2 Å². The molecule has 3 rings (SSSR count). The number of hydrogen-bond donors (Lipinski definition) is 1. The molecule has 0 saturated carbocycles. The topological polar surface area (TPSA) is 41.6 Å². The highest BCUT2D eigenvalue weighted by Crippen LogP contribution is 2.26. The number of amides is 1. The Kier molecular flexibility index (Phi) is 5.88. The monoisotopic (exact) mass is 344 g/mol. The molecule has 1 fully saturated rings. The summed E-state index contributed by atoms with van der Waals surface area (Å²) in [5, 5.41) is 5.04. The third-order valence-corrected chi connectivity index (χ3v) is 5.40. The zero-order valence-electron chi connectivity index (χ0n) is 14.0. The molecule has 128 valence electrons. The number of benzene rings is 1. The highest BCUT2D eigenvalue weighted by atomic mass is 32.1. The van der Waals surface area contributed by atoms with Crippen LogP contribution in [0.3, 0.4) is 0 Å². The van der Waals surface area contributed by atoms with Crippen LogP contribution in [0.15, 0.2) is 41.8 Å². The van der Waals surface area contributed by atoms with E-state index in [4.69, 9.17) is 4.74 Å². The van der Waals surface area contributed by atoms with Gasteiger partial charge in [0, 0.05) is 6.54 Å². The maximum Gasteiger partial charge on any atom is 0.261 e. The Labute approximate surface area is 147 Å². The van der Waals surface area contributed by atoms with Crippen LogP contribution in [-0.4, -0.2) is 37.6 Å². The maximum atomic E-state index is 12.3. The first-order valence-corrected chi connectivity index (χ1v) is 9.35. The van der Waals surface area contributed by atoms with Crippen LogP contribution in [0.25, 0.3) is 0 Å². The van der Waals surface area contributed by atoms with Gasteiger partial charge in [-0.25, -0.2) is 0 Å². The van der Waals surface area contributed by atoms with E-state index in [0.29, 0.717) is 6.54 Å². The first-order chi connectivity index (χ1) is 11.8. The van der Waals surface area contributed by atoms with Gasteiger partial charge in [0.25, 0.3) is 5.91 Å². The number of nitrogens with zero attached hydrogens (tertiary/aromatic N) is 1. The van der Waals surface area contributed by atoms with E-state index < -0.39 is 0 Å².